The zero-order valence-electron chi connectivity index (χ0n) is 15.3. The van der Waals surface area contributed by atoms with Gasteiger partial charge in [-0.1, -0.05) is 13.8 Å². The Bertz CT molecular complexity index is 696. The van der Waals surface area contributed by atoms with Gasteiger partial charge in [0.05, 0.1) is 0 Å². The van der Waals surface area contributed by atoms with Gasteiger partial charge in [0, 0.05) is 0 Å². The molecule has 13 heteroatoms. The van der Waals surface area contributed by atoms with Crippen LogP contribution in [-0.4, -0.2) is 88.8 Å². The lowest BCUT2D eigenvalue weighted by Gasteiger charge is -2.44. The van der Waals surface area contributed by atoms with Gasteiger partial charge in [0.25, 0.3) is 0 Å². The van der Waals surface area contributed by atoms with E-state index in [1.165, 1.54) is 13.8 Å². The van der Waals surface area contributed by atoms with Crippen molar-refractivity contribution < 1.29 is 64.7 Å². The third-order valence-electron chi connectivity index (χ3n) is 4.63. The van der Waals surface area contributed by atoms with Crippen molar-refractivity contribution in [3.05, 3.63) is 23.0 Å². The molecule has 2 heterocycles. The first kappa shape index (κ1) is 22.7. The maximum absolute atomic E-state index is 11.5. The van der Waals surface area contributed by atoms with E-state index in [0.29, 0.717) is 0 Å². The summed E-state index contributed by atoms with van der Waals surface area (Å²) in [4.78, 5) is 23.0. The number of rotatable bonds is 8. The minimum Gasteiger partial charge on any atom is -0.505 e. The molecule has 0 aliphatic carbocycles. The van der Waals surface area contributed by atoms with E-state index < -0.39 is 71.0 Å². The molecule has 2 aliphatic rings. The van der Waals surface area contributed by atoms with Gasteiger partial charge in [-0.15, -0.1) is 0 Å². The number of ether oxygens (including phenoxy) is 3. The average Bonchev–Trinajstić information content (AvgIpc) is 3.11. The molecule has 0 fully saturated rings. The molecule has 0 aromatic heterocycles. The third kappa shape index (κ3) is 3.47. The SMILES string of the molecule is CCC(O)[C@@](O)(O[C@](O)(C(O)CC)[C@H]1OC(=O)C(O)=C1O)[C@H]1OC(=O)C(O)=C1O. The number of carbonyl (C=O) groups is 2. The molecule has 0 saturated carbocycles. The Morgan fingerprint density at radius 1 is 0.828 bits per heavy atom. The molecule has 6 atom stereocenters. The Labute approximate surface area is 163 Å². The van der Waals surface area contributed by atoms with Crippen molar-refractivity contribution in [2.75, 3.05) is 0 Å². The van der Waals surface area contributed by atoms with Crippen molar-refractivity contribution in [2.45, 2.75) is 62.7 Å². The molecule has 29 heavy (non-hydrogen) atoms. The smallest absolute Gasteiger partial charge is 0.378 e. The number of aliphatic hydroxyl groups is 8. The van der Waals surface area contributed by atoms with E-state index in [0.717, 1.165) is 0 Å². The van der Waals surface area contributed by atoms with Crippen molar-refractivity contribution in [2.24, 2.45) is 0 Å². The molecule has 0 bridgehead atoms. The van der Waals surface area contributed by atoms with Crippen LogP contribution in [0.2, 0.25) is 0 Å². The van der Waals surface area contributed by atoms with E-state index in [4.69, 9.17) is 4.74 Å². The van der Waals surface area contributed by atoms with Crippen molar-refractivity contribution in [3.8, 4) is 0 Å². The van der Waals surface area contributed by atoms with E-state index >= 15 is 0 Å². The first-order chi connectivity index (χ1) is 13.3. The minimum atomic E-state index is -3.21. The second kappa shape index (κ2) is 7.68. The van der Waals surface area contributed by atoms with Crippen LogP contribution < -0.4 is 0 Å². The van der Waals surface area contributed by atoms with Gasteiger partial charge in [-0.25, -0.2) is 9.59 Å². The Morgan fingerprint density at radius 3 is 1.34 bits per heavy atom. The molecular formula is C16H22O13. The van der Waals surface area contributed by atoms with E-state index in [1.807, 2.05) is 0 Å². The summed E-state index contributed by atoms with van der Waals surface area (Å²) in [6.45, 7) is 2.65. The fourth-order valence-corrected chi connectivity index (χ4v) is 2.89. The lowest BCUT2D eigenvalue weighted by Crippen LogP contribution is -2.66. The average molecular weight is 422 g/mol. The van der Waals surface area contributed by atoms with Gasteiger partial charge in [-0.3, -0.25) is 0 Å². The maximum atomic E-state index is 11.5. The summed E-state index contributed by atoms with van der Waals surface area (Å²) in [5, 5.41) is 81.1. The summed E-state index contributed by atoms with van der Waals surface area (Å²) in [6, 6.07) is 0. The number of hydrogen-bond donors (Lipinski definition) is 8. The van der Waals surface area contributed by atoms with Gasteiger partial charge in [0.2, 0.25) is 35.3 Å². The van der Waals surface area contributed by atoms with Gasteiger partial charge in [-0.2, -0.15) is 0 Å². The molecule has 2 unspecified atom stereocenters. The molecule has 0 aromatic carbocycles. The summed E-state index contributed by atoms with van der Waals surface area (Å²) in [5.74, 6) is -14.5. The normalized spacial score (nSPS) is 28.6. The first-order valence-corrected chi connectivity index (χ1v) is 8.52. The van der Waals surface area contributed by atoms with Gasteiger partial charge < -0.3 is 55.1 Å². The zero-order chi connectivity index (χ0) is 22.3. The van der Waals surface area contributed by atoms with E-state index in [-0.39, 0.29) is 12.8 Å². The topological polar surface area (TPSA) is 224 Å². The summed E-state index contributed by atoms with van der Waals surface area (Å²) < 4.78 is 14.3. The second-order valence-electron chi connectivity index (χ2n) is 6.49. The van der Waals surface area contributed by atoms with Crippen molar-refractivity contribution in [3.63, 3.8) is 0 Å². The zero-order valence-corrected chi connectivity index (χ0v) is 15.3. The van der Waals surface area contributed by atoms with Crippen LogP contribution in [0.15, 0.2) is 23.0 Å². The van der Waals surface area contributed by atoms with E-state index in [9.17, 15) is 50.4 Å². The standard InChI is InChI=1S/C16H22O13/c1-3-5(17)15(25,11-7(19)9(21)13(23)27-11)29-16(26,6(18)4-2)12-8(20)10(22)14(24)28-12/h5-6,11-12,17-22,25-26H,3-4H2,1-2H3/t5?,6?,11-,12-,15+,16+/m0/s1. The molecule has 13 nitrogen and oxygen atoms in total. The highest BCUT2D eigenvalue weighted by atomic mass is 16.8. The van der Waals surface area contributed by atoms with Crippen LogP contribution in [0.5, 0.6) is 0 Å². The number of esters is 2. The van der Waals surface area contributed by atoms with Crippen LogP contribution in [0.25, 0.3) is 0 Å². The van der Waals surface area contributed by atoms with Crippen LogP contribution in [0.1, 0.15) is 26.7 Å². The predicted octanol–water partition coefficient (Wildman–Crippen LogP) is -1.57. The van der Waals surface area contributed by atoms with Crippen LogP contribution in [0.4, 0.5) is 0 Å². The van der Waals surface area contributed by atoms with Gasteiger partial charge in [0.1, 0.15) is 12.2 Å². The maximum Gasteiger partial charge on any atom is 0.378 e. The molecule has 8 N–H and O–H groups in total. The number of aliphatic hydroxyl groups excluding tert-OH is 6. The lowest BCUT2D eigenvalue weighted by molar-refractivity contribution is -0.413. The molecule has 0 amide bonds. The van der Waals surface area contributed by atoms with E-state index in [1.54, 1.807) is 0 Å². The van der Waals surface area contributed by atoms with Crippen molar-refractivity contribution >= 4 is 11.9 Å². The molecule has 164 valence electrons. The van der Waals surface area contributed by atoms with Crippen molar-refractivity contribution in [1.82, 2.24) is 0 Å². The monoisotopic (exact) mass is 422 g/mol. The summed E-state index contributed by atoms with van der Waals surface area (Å²) in [7, 11) is 0. The molecule has 2 aliphatic heterocycles. The highest BCUT2D eigenvalue weighted by Crippen LogP contribution is 2.40. The Kier molecular flexibility index (Phi) is 6.02. The van der Waals surface area contributed by atoms with Crippen LogP contribution in [-0.2, 0) is 23.8 Å². The van der Waals surface area contributed by atoms with Gasteiger partial charge >= 0.3 is 11.9 Å². The molecule has 2 rings (SSSR count). The lowest BCUT2D eigenvalue weighted by atomic mass is 9.95. The molecule has 0 saturated heterocycles. The van der Waals surface area contributed by atoms with E-state index in [2.05, 4.69) is 9.47 Å². The number of cyclic esters (lactones) is 2. The van der Waals surface area contributed by atoms with Crippen LogP contribution >= 0.6 is 0 Å². The Hall–Kier alpha value is -2.58. The number of carbonyl (C=O) groups excluding carboxylic acids is 2. The largest absolute Gasteiger partial charge is 0.505 e. The molecule has 0 radical (unpaired) electrons. The second-order valence-corrected chi connectivity index (χ2v) is 6.49. The molecular weight excluding hydrogens is 400 g/mol. The summed E-state index contributed by atoms with van der Waals surface area (Å²) in [6.07, 6.45) is -9.21. The summed E-state index contributed by atoms with van der Waals surface area (Å²) >= 11 is 0. The van der Waals surface area contributed by atoms with Crippen LogP contribution in [0.3, 0.4) is 0 Å². The van der Waals surface area contributed by atoms with Gasteiger partial charge in [-0.05, 0) is 12.8 Å². The molecule has 0 aromatic rings. The quantitative estimate of drug-likeness (QED) is 0.164. The van der Waals surface area contributed by atoms with Crippen molar-refractivity contribution in [1.29, 1.82) is 0 Å². The predicted molar refractivity (Wildman–Crippen MR) is 87.9 cm³/mol. The summed E-state index contributed by atoms with van der Waals surface area (Å²) in [5.41, 5.74) is 0. The fourth-order valence-electron chi connectivity index (χ4n) is 2.89. The van der Waals surface area contributed by atoms with Crippen LogP contribution in [0, 0.1) is 0 Å². The third-order valence-corrected chi connectivity index (χ3v) is 4.63. The Morgan fingerprint density at radius 2 is 1.14 bits per heavy atom. The fraction of sp³-hybridized carbons (Fsp3) is 0.625. The highest BCUT2D eigenvalue weighted by Gasteiger charge is 2.63. The minimum absolute atomic E-state index is 0.325. The highest BCUT2D eigenvalue weighted by molar-refractivity contribution is 5.89. The number of hydrogen-bond acceptors (Lipinski definition) is 13. The molecule has 0 spiro atoms. The first-order valence-electron chi connectivity index (χ1n) is 8.52. The van der Waals surface area contributed by atoms with Gasteiger partial charge in [0.15, 0.2) is 11.5 Å². The Balaban J connectivity index is 2.56.